The van der Waals surface area contributed by atoms with Gasteiger partial charge < -0.3 is 13.7 Å². The van der Waals surface area contributed by atoms with Crippen LogP contribution in [0.4, 0.5) is 0 Å². The van der Waals surface area contributed by atoms with E-state index >= 15 is 0 Å². The fourth-order valence-corrected chi connectivity index (χ4v) is 5.49. The van der Waals surface area contributed by atoms with E-state index < -0.39 is 17.1 Å². The Bertz CT molecular complexity index is 108. The van der Waals surface area contributed by atoms with Crippen LogP contribution in [0.1, 0.15) is 6.92 Å². The monoisotopic (exact) mass is 180 g/mol. The van der Waals surface area contributed by atoms with Crippen LogP contribution < -0.4 is 0 Å². The van der Waals surface area contributed by atoms with Crippen LogP contribution in [0.2, 0.25) is 25.7 Å². The van der Waals surface area contributed by atoms with Gasteiger partial charge in [0, 0.05) is 0 Å². The average molecular weight is 180 g/mol. The van der Waals surface area contributed by atoms with Gasteiger partial charge >= 0.3 is 17.1 Å². The first kappa shape index (κ1) is 10.3. The molecule has 0 aliphatic heterocycles. The predicted octanol–water partition coefficient (Wildman–Crippen LogP) is 0.781. The second-order valence-electron chi connectivity index (χ2n) is 3.08. The Balaban J connectivity index is 3.89. The van der Waals surface area contributed by atoms with Crippen molar-refractivity contribution < 1.29 is 13.7 Å². The molecule has 0 aromatic heterocycles. The van der Waals surface area contributed by atoms with Gasteiger partial charge in [-0.3, -0.25) is 0 Å². The highest BCUT2D eigenvalue weighted by Crippen LogP contribution is 2.12. The molecule has 2 N–H and O–H groups in total. The summed E-state index contributed by atoms with van der Waals surface area (Å²) in [6.07, 6.45) is 0. The Morgan fingerprint density at radius 1 is 1.20 bits per heavy atom. The van der Waals surface area contributed by atoms with Crippen molar-refractivity contribution in [1.29, 1.82) is 0 Å². The molecule has 0 aromatic carbocycles. The molecule has 0 saturated heterocycles. The van der Waals surface area contributed by atoms with E-state index in [1.807, 2.05) is 6.92 Å². The molecule has 0 saturated carbocycles. The fraction of sp³-hybridized carbons (Fsp3) is 1.00. The molecular formula is C5H16O3Si2. The lowest BCUT2D eigenvalue weighted by Crippen LogP contribution is -2.46. The molecule has 10 heavy (non-hydrogen) atoms. The second-order valence-corrected chi connectivity index (χ2v) is 9.84. The average Bonchev–Trinajstić information content (AvgIpc) is 1.60. The van der Waals surface area contributed by atoms with E-state index in [4.69, 9.17) is 4.12 Å². The topological polar surface area (TPSA) is 49.7 Å². The van der Waals surface area contributed by atoms with E-state index in [1.165, 1.54) is 0 Å². The zero-order valence-electron chi connectivity index (χ0n) is 7.01. The Hall–Kier alpha value is 0.314. The quantitative estimate of drug-likeness (QED) is 0.631. The molecule has 0 aliphatic rings. The van der Waals surface area contributed by atoms with E-state index in [0.717, 1.165) is 0 Å². The molecule has 0 heterocycles. The van der Waals surface area contributed by atoms with Gasteiger partial charge in [0.15, 0.2) is 0 Å². The minimum atomic E-state index is -2.50. The van der Waals surface area contributed by atoms with E-state index in [2.05, 4.69) is 0 Å². The maximum Gasteiger partial charge on any atom is 0.323 e. The van der Waals surface area contributed by atoms with Crippen LogP contribution in [-0.2, 0) is 4.12 Å². The number of hydrogen-bond acceptors (Lipinski definition) is 3. The minimum absolute atomic E-state index is 0.629. The summed E-state index contributed by atoms with van der Waals surface area (Å²) in [6, 6.07) is 0.629. The van der Waals surface area contributed by atoms with Gasteiger partial charge in [0.05, 0.1) is 0 Å². The molecule has 3 nitrogen and oxygen atoms in total. The van der Waals surface area contributed by atoms with Gasteiger partial charge in [-0.25, -0.2) is 0 Å². The van der Waals surface area contributed by atoms with Gasteiger partial charge in [0.25, 0.3) is 0 Å². The molecular weight excluding hydrogens is 164 g/mol. The first-order chi connectivity index (χ1) is 4.27. The molecule has 0 amide bonds. The lowest BCUT2D eigenvalue weighted by atomic mass is 11.0. The summed E-state index contributed by atoms with van der Waals surface area (Å²) in [4.78, 5) is 18.7. The Morgan fingerprint density at radius 2 is 1.60 bits per heavy atom. The van der Waals surface area contributed by atoms with Crippen LogP contribution in [0.25, 0.3) is 0 Å². The Morgan fingerprint density at radius 3 is 1.70 bits per heavy atom. The standard InChI is InChI=1S/C5H16O3Si2/c1-5-10(4,7)8-9(2,3)6/h6-7H,5H2,1-4H3. The largest absolute Gasteiger partial charge is 0.415 e. The van der Waals surface area contributed by atoms with Gasteiger partial charge in [-0.1, -0.05) is 6.92 Å². The molecule has 0 radical (unpaired) electrons. The van der Waals surface area contributed by atoms with Crippen molar-refractivity contribution in [3.8, 4) is 0 Å². The van der Waals surface area contributed by atoms with Gasteiger partial charge in [0.1, 0.15) is 0 Å². The highest BCUT2D eigenvalue weighted by Gasteiger charge is 2.33. The summed E-state index contributed by atoms with van der Waals surface area (Å²) in [6.45, 7) is 6.87. The molecule has 0 spiro atoms. The van der Waals surface area contributed by atoms with Crippen molar-refractivity contribution in [2.75, 3.05) is 0 Å². The fourth-order valence-electron chi connectivity index (χ4n) is 0.610. The third-order valence-electron chi connectivity index (χ3n) is 1.13. The third-order valence-corrected chi connectivity index (χ3v) is 6.19. The molecule has 0 bridgehead atoms. The van der Waals surface area contributed by atoms with Gasteiger partial charge in [0.2, 0.25) is 0 Å². The highest BCUT2D eigenvalue weighted by molar-refractivity contribution is 6.77. The highest BCUT2D eigenvalue weighted by atomic mass is 28.5. The van der Waals surface area contributed by atoms with Crippen molar-refractivity contribution in [2.45, 2.75) is 32.6 Å². The predicted molar refractivity (Wildman–Crippen MR) is 45.1 cm³/mol. The molecule has 0 aromatic rings. The summed E-state index contributed by atoms with van der Waals surface area (Å²) in [5.41, 5.74) is 0. The Kier molecular flexibility index (Phi) is 3.24. The first-order valence-corrected chi connectivity index (χ1v) is 8.83. The van der Waals surface area contributed by atoms with Gasteiger partial charge in [-0.05, 0) is 25.7 Å². The molecule has 0 fully saturated rings. The van der Waals surface area contributed by atoms with Gasteiger partial charge in [-0.2, -0.15) is 0 Å². The lowest BCUT2D eigenvalue weighted by Gasteiger charge is -2.26. The Labute approximate surface area is 64.2 Å². The van der Waals surface area contributed by atoms with E-state index in [-0.39, 0.29) is 0 Å². The van der Waals surface area contributed by atoms with Crippen LogP contribution in [0, 0.1) is 0 Å². The van der Waals surface area contributed by atoms with Crippen LogP contribution in [0.3, 0.4) is 0 Å². The molecule has 1 unspecified atom stereocenters. The zero-order chi connectivity index (χ0) is 8.41. The second kappa shape index (κ2) is 3.14. The van der Waals surface area contributed by atoms with Crippen LogP contribution in [0.15, 0.2) is 0 Å². The molecule has 62 valence electrons. The van der Waals surface area contributed by atoms with E-state index in [0.29, 0.717) is 6.04 Å². The van der Waals surface area contributed by atoms with E-state index in [9.17, 15) is 9.59 Å². The van der Waals surface area contributed by atoms with Crippen LogP contribution >= 0.6 is 0 Å². The summed E-state index contributed by atoms with van der Waals surface area (Å²) in [5, 5.41) is 0. The van der Waals surface area contributed by atoms with Crippen molar-refractivity contribution in [2.24, 2.45) is 0 Å². The van der Waals surface area contributed by atoms with E-state index in [1.54, 1.807) is 19.6 Å². The first-order valence-electron chi connectivity index (χ1n) is 3.42. The van der Waals surface area contributed by atoms with Crippen molar-refractivity contribution in [3.63, 3.8) is 0 Å². The van der Waals surface area contributed by atoms with Crippen LogP contribution in [-0.4, -0.2) is 26.7 Å². The zero-order valence-corrected chi connectivity index (χ0v) is 9.01. The summed E-state index contributed by atoms with van der Waals surface area (Å²) >= 11 is 0. The number of hydrogen-bond donors (Lipinski definition) is 2. The maximum absolute atomic E-state index is 9.45. The smallest absolute Gasteiger partial charge is 0.323 e. The molecule has 5 heteroatoms. The SMILES string of the molecule is CC[Si](C)(O)O[Si](C)(C)O. The van der Waals surface area contributed by atoms with Crippen molar-refractivity contribution in [3.05, 3.63) is 0 Å². The van der Waals surface area contributed by atoms with Crippen molar-refractivity contribution in [1.82, 2.24) is 0 Å². The van der Waals surface area contributed by atoms with Crippen molar-refractivity contribution >= 4 is 17.1 Å². The van der Waals surface area contributed by atoms with Crippen LogP contribution in [0.5, 0.6) is 0 Å². The maximum atomic E-state index is 9.45. The normalized spacial score (nSPS) is 18.6. The lowest BCUT2D eigenvalue weighted by molar-refractivity contribution is 0.316. The molecule has 0 aliphatic carbocycles. The minimum Gasteiger partial charge on any atom is -0.415 e. The molecule has 0 rings (SSSR count). The summed E-state index contributed by atoms with van der Waals surface area (Å²) in [7, 11) is -5.00. The molecule has 1 atom stereocenters. The van der Waals surface area contributed by atoms with Gasteiger partial charge in [-0.15, -0.1) is 0 Å². The third kappa shape index (κ3) is 5.13. The number of rotatable bonds is 3. The summed E-state index contributed by atoms with van der Waals surface area (Å²) < 4.78 is 5.16. The summed E-state index contributed by atoms with van der Waals surface area (Å²) in [5.74, 6) is 0.